The van der Waals surface area contributed by atoms with Crippen molar-refractivity contribution in [2.75, 3.05) is 18.0 Å². The van der Waals surface area contributed by atoms with Crippen LogP contribution in [0.1, 0.15) is 29.8 Å². The van der Waals surface area contributed by atoms with Crippen LogP contribution in [0.4, 0.5) is 5.82 Å². The van der Waals surface area contributed by atoms with Crippen molar-refractivity contribution in [3.05, 3.63) is 90.0 Å². The molecule has 1 fully saturated rings. The summed E-state index contributed by atoms with van der Waals surface area (Å²) in [6.07, 6.45) is 0. The molecule has 0 radical (unpaired) electrons. The lowest BCUT2D eigenvalue weighted by molar-refractivity contribution is 0.0644. The Balaban J connectivity index is 1.48. The number of carbonyl (C=O) groups excluding carboxylic acids is 1. The van der Waals surface area contributed by atoms with Crippen molar-refractivity contribution >= 4 is 22.5 Å². The van der Waals surface area contributed by atoms with E-state index in [2.05, 4.69) is 47.1 Å². The van der Waals surface area contributed by atoms with Crippen molar-refractivity contribution in [2.24, 2.45) is 0 Å². The summed E-state index contributed by atoms with van der Waals surface area (Å²) >= 11 is 0. The molecule has 4 aromatic rings. The van der Waals surface area contributed by atoms with Crippen molar-refractivity contribution in [1.29, 1.82) is 5.26 Å². The molecule has 0 bridgehead atoms. The molecule has 1 aliphatic rings. The summed E-state index contributed by atoms with van der Waals surface area (Å²) < 4.78 is 0. The molecule has 1 saturated heterocycles. The van der Waals surface area contributed by atoms with E-state index in [1.165, 1.54) is 0 Å². The summed E-state index contributed by atoms with van der Waals surface area (Å²) in [4.78, 5) is 17.3. The summed E-state index contributed by atoms with van der Waals surface area (Å²) in [5.41, 5.74) is 3.05. The van der Waals surface area contributed by atoms with Crippen molar-refractivity contribution in [3.63, 3.8) is 0 Å². The van der Waals surface area contributed by atoms with Crippen molar-refractivity contribution in [2.45, 2.75) is 25.9 Å². The highest BCUT2D eigenvalue weighted by Crippen LogP contribution is 2.33. The molecular weight excluding hydrogens is 422 g/mol. The van der Waals surface area contributed by atoms with Gasteiger partial charge in [-0.3, -0.25) is 4.79 Å². The van der Waals surface area contributed by atoms with E-state index in [1.807, 2.05) is 59.5 Å². The predicted octanol–water partition coefficient (Wildman–Crippen LogP) is 4.91. The van der Waals surface area contributed by atoms with E-state index in [4.69, 9.17) is 5.26 Å². The van der Waals surface area contributed by atoms with Gasteiger partial charge < -0.3 is 9.80 Å². The number of nitrogens with zero attached hydrogens (tertiary/aromatic N) is 5. The fourth-order valence-corrected chi connectivity index (χ4v) is 4.67. The number of fused-ring (bicyclic) bond motifs is 1. The number of benzene rings is 3. The Bertz CT molecular complexity index is 1380. The average molecular weight is 448 g/mol. The Morgan fingerprint density at radius 2 is 1.53 bits per heavy atom. The van der Waals surface area contributed by atoms with Crippen LogP contribution in [0, 0.1) is 11.3 Å². The number of amides is 1. The first-order chi connectivity index (χ1) is 16.6. The van der Waals surface area contributed by atoms with E-state index < -0.39 is 0 Å². The largest absolute Gasteiger partial charge is 0.348 e. The van der Waals surface area contributed by atoms with Crippen LogP contribution < -0.4 is 4.90 Å². The number of hydrogen-bond donors (Lipinski definition) is 0. The van der Waals surface area contributed by atoms with Crippen LogP contribution in [0.5, 0.6) is 0 Å². The molecule has 0 N–H and O–H groups in total. The lowest BCUT2D eigenvalue weighted by Crippen LogP contribution is -2.58. The quantitative estimate of drug-likeness (QED) is 0.446. The number of aromatic nitrogens is 2. The smallest absolute Gasteiger partial charge is 0.254 e. The van der Waals surface area contributed by atoms with E-state index in [0.717, 1.165) is 27.8 Å². The predicted molar refractivity (Wildman–Crippen MR) is 133 cm³/mol. The van der Waals surface area contributed by atoms with E-state index in [-0.39, 0.29) is 18.0 Å². The van der Waals surface area contributed by atoms with E-state index >= 15 is 0 Å². The minimum absolute atomic E-state index is 0.0303. The summed E-state index contributed by atoms with van der Waals surface area (Å²) in [5, 5.41) is 20.4. The minimum Gasteiger partial charge on any atom is -0.348 e. The number of rotatable bonds is 3. The normalized spacial score (nSPS) is 18.0. The van der Waals surface area contributed by atoms with Gasteiger partial charge in [-0.15, -0.1) is 10.2 Å². The third-order valence-electron chi connectivity index (χ3n) is 6.49. The molecule has 0 unspecified atom stereocenters. The fourth-order valence-electron chi connectivity index (χ4n) is 4.67. The van der Waals surface area contributed by atoms with Gasteiger partial charge in [-0.1, -0.05) is 54.6 Å². The lowest BCUT2D eigenvalue weighted by Gasteiger charge is -2.44. The highest BCUT2D eigenvalue weighted by atomic mass is 16.2. The Kier molecular flexibility index (Phi) is 5.69. The molecule has 5 rings (SSSR count). The average Bonchev–Trinajstić information content (AvgIpc) is 2.89. The van der Waals surface area contributed by atoms with Gasteiger partial charge in [0.15, 0.2) is 5.82 Å². The van der Waals surface area contributed by atoms with E-state index in [9.17, 15) is 4.79 Å². The van der Waals surface area contributed by atoms with Crippen LogP contribution >= 0.6 is 0 Å². The van der Waals surface area contributed by atoms with Crippen LogP contribution in [0.3, 0.4) is 0 Å². The highest BCUT2D eigenvalue weighted by Gasteiger charge is 2.34. The molecule has 2 atom stereocenters. The van der Waals surface area contributed by atoms with Crippen molar-refractivity contribution in [3.8, 4) is 17.3 Å². The molecular formula is C28H25N5O. The minimum atomic E-state index is 0.0303. The Morgan fingerprint density at radius 3 is 2.24 bits per heavy atom. The topological polar surface area (TPSA) is 73.1 Å². The molecule has 1 aromatic heterocycles. The van der Waals surface area contributed by atoms with Gasteiger partial charge in [0.1, 0.15) is 5.69 Å². The van der Waals surface area contributed by atoms with Crippen LogP contribution in [0.2, 0.25) is 0 Å². The molecule has 6 nitrogen and oxygen atoms in total. The van der Waals surface area contributed by atoms with Crippen LogP contribution in [0.25, 0.3) is 22.0 Å². The number of anilines is 1. The molecule has 168 valence electrons. The van der Waals surface area contributed by atoms with Gasteiger partial charge in [0.05, 0.1) is 11.6 Å². The first-order valence-corrected chi connectivity index (χ1v) is 11.5. The molecule has 1 amide bonds. The van der Waals surface area contributed by atoms with Crippen LogP contribution in [-0.4, -0.2) is 46.2 Å². The van der Waals surface area contributed by atoms with E-state index in [1.54, 1.807) is 12.1 Å². The summed E-state index contributed by atoms with van der Waals surface area (Å²) in [7, 11) is 0. The Hall–Kier alpha value is -4.24. The van der Waals surface area contributed by atoms with Crippen LogP contribution in [0.15, 0.2) is 78.9 Å². The Morgan fingerprint density at radius 1 is 0.853 bits per heavy atom. The zero-order valence-corrected chi connectivity index (χ0v) is 19.2. The zero-order valence-electron chi connectivity index (χ0n) is 19.2. The van der Waals surface area contributed by atoms with Gasteiger partial charge in [0, 0.05) is 47.1 Å². The SMILES string of the molecule is C[C@@H]1CN(c2nnc(-c3ccc(C#N)cc3)c3ccccc23)[C@@H](C)CN1C(=O)c1ccccc1. The number of carbonyl (C=O) groups is 1. The van der Waals surface area contributed by atoms with Gasteiger partial charge in [0.2, 0.25) is 0 Å². The molecule has 3 aromatic carbocycles. The highest BCUT2D eigenvalue weighted by molar-refractivity contribution is 6.00. The standard InChI is InChI=1S/C28H25N5O/c1-19-18-33(28(34)23-8-4-3-5-9-23)20(2)17-32(19)27-25-11-7-6-10-24(25)26(30-31-27)22-14-12-21(16-29)13-15-22/h3-15,19-20H,17-18H2,1-2H3/t19-,20+/m0/s1. The van der Waals surface area contributed by atoms with Gasteiger partial charge in [-0.2, -0.15) is 5.26 Å². The summed E-state index contributed by atoms with van der Waals surface area (Å²) in [6.45, 7) is 5.50. The van der Waals surface area contributed by atoms with Crippen molar-refractivity contribution < 1.29 is 4.79 Å². The number of hydrogen-bond acceptors (Lipinski definition) is 5. The van der Waals surface area contributed by atoms with Gasteiger partial charge in [-0.25, -0.2) is 0 Å². The third kappa shape index (κ3) is 3.86. The second-order valence-corrected chi connectivity index (χ2v) is 8.78. The summed E-state index contributed by atoms with van der Waals surface area (Å²) in [6, 6.07) is 27.3. The Labute approximate surface area is 199 Å². The first-order valence-electron chi connectivity index (χ1n) is 11.5. The molecule has 1 aliphatic heterocycles. The van der Waals surface area contributed by atoms with Crippen LogP contribution in [-0.2, 0) is 0 Å². The van der Waals surface area contributed by atoms with E-state index in [0.29, 0.717) is 24.2 Å². The molecule has 0 spiro atoms. The molecule has 0 aliphatic carbocycles. The maximum atomic E-state index is 13.1. The number of piperazine rings is 1. The second-order valence-electron chi connectivity index (χ2n) is 8.78. The number of nitriles is 1. The summed E-state index contributed by atoms with van der Waals surface area (Å²) in [5.74, 6) is 0.894. The first kappa shape index (κ1) is 21.6. The van der Waals surface area contributed by atoms with Crippen molar-refractivity contribution in [1.82, 2.24) is 15.1 Å². The maximum Gasteiger partial charge on any atom is 0.254 e. The second kappa shape index (κ2) is 8.95. The molecule has 0 saturated carbocycles. The third-order valence-corrected chi connectivity index (χ3v) is 6.49. The molecule has 34 heavy (non-hydrogen) atoms. The van der Waals surface area contributed by atoms with Gasteiger partial charge in [-0.05, 0) is 38.1 Å². The maximum absolute atomic E-state index is 13.1. The van der Waals surface area contributed by atoms with Gasteiger partial charge in [0.25, 0.3) is 5.91 Å². The van der Waals surface area contributed by atoms with Gasteiger partial charge >= 0.3 is 0 Å². The monoisotopic (exact) mass is 447 g/mol. The fraction of sp³-hybridized carbons (Fsp3) is 0.214. The lowest BCUT2D eigenvalue weighted by atomic mass is 10.0. The zero-order chi connectivity index (χ0) is 23.7. The molecule has 6 heteroatoms. The molecule has 2 heterocycles.